The Kier molecular flexibility index (Phi) is 3.64. The molecule has 1 unspecified atom stereocenters. The van der Waals surface area contributed by atoms with Crippen molar-refractivity contribution in [3.05, 3.63) is 0 Å². The SMILES string of the molecule is CCC(C)(C)C1CCCN1C(=O)[C@H]1CCC(=O)N1. The van der Waals surface area contributed by atoms with E-state index in [2.05, 4.69) is 26.1 Å². The monoisotopic (exact) mass is 252 g/mol. The zero-order chi connectivity index (χ0) is 13.3. The van der Waals surface area contributed by atoms with Crippen LogP contribution in [0.1, 0.15) is 52.9 Å². The van der Waals surface area contributed by atoms with Crippen molar-refractivity contribution in [2.75, 3.05) is 6.54 Å². The Bertz CT molecular complexity index is 352. The van der Waals surface area contributed by atoms with Crippen LogP contribution in [0.2, 0.25) is 0 Å². The number of nitrogens with zero attached hydrogens (tertiary/aromatic N) is 1. The van der Waals surface area contributed by atoms with E-state index in [1.54, 1.807) is 0 Å². The third-order valence-corrected chi connectivity index (χ3v) is 4.64. The number of likely N-dealkylation sites (tertiary alicyclic amines) is 1. The summed E-state index contributed by atoms with van der Waals surface area (Å²) in [7, 11) is 0. The second kappa shape index (κ2) is 4.90. The lowest BCUT2D eigenvalue weighted by Crippen LogP contribution is -2.50. The molecule has 18 heavy (non-hydrogen) atoms. The molecule has 2 atom stereocenters. The quantitative estimate of drug-likeness (QED) is 0.831. The molecule has 0 spiro atoms. The standard InChI is InChI=1S/C14H24N2O2/c1-4-14(2,3)11-6-5-9-16(11)13(18)10-7-8-12(17)15-10/h10-11H,4-9H2,1-3H3,(H,15,17)/t10-,11?/m1/s1. The van der Waals surface area contributed by atoms with Crippen LogP contribution in [-0.4, -0.2) is 35.3 Å². The van der Waals surface area contributed by atoms with E-state index in [0.29, 0.717) is 18.9 Å². The fourth-order valence-corrected chi connectivity index (χ4v) is 3.08. The largest absolute Gasteiger partial charge is 0.344 e. The highest BCUT2D eigenvalue weighted by atomic mass is 16.2. The highest BCUT2D eigenvalue weighted by Crippen LogP contribution is 2.36. The lowest BCUT2D eigenvalue weighted by atomic mass is 9.80. The molecular weight excluding hydrogens is 228 g/mol. The first-order chi connectivity index (χ1) is 8.45. The number of rotatable bonds is 3. The van der Waals surface area contributed by atoms with Crippen LogP contribution in [0, 0.1) is 5.41 Å². The van der Waals surface area contributed by atoms with Crippen molar-refractivity contribution in [1.82, 2.24) is 10.2 Å². The van der Waals surface area contributed by atoms with Crippen LogP contribution in [-0.2, 0) is 9.59 Å². The number of hydrogen-bond acceptors (Lipinski definition) is 2. The summed E-state index contributed by atoms with van der Waals surface area (Å²) in [6.45, 7) is 7.49. The molecule has 2 amide bonds. The summed E-state index contributed by atoms with van der Waals surface area (Å²) in [5.74, 6) is 0.142. The summed E-state index contributed by atoms with van der Waals surface area (Å²) in [4.78, 5) is 25.7. The normalized spacial score (nSPS) is 28.6. The molecule has 2 aliphatic heterocycles. The Morgan fingerprint density at radius 2 is 2.17 bits per heavy atom. The van der Waals surface area contributed by atoms with E-state index >= 15 is 0 Å². The maximum atomic E-state index is 12.5. The number of nitrogens with one attached hydrogen (secondary N) is 1. The maximum Gasteiger partial charge on any atom is 0.245 e. The summed E-state index contributed by atoms with van der Waals surface area (Å²) in [5, 5.41) is 2.79. The van der Waals surface area contributed by atoms with Crippen LogP contribution in [0.15, 0.2) is 0 Å². The van der Waals surface area contributed by atoms with Gasteiger partial charge < -0.3 is 10.2 Å². The van der Waals surface area contributed by atoms with Crippen LogP contribution in [0.25, 0.3) is 0 Å². The molecule has 0 aromatic heterocycles. The van der Waals surface area contributed by atoms with Gasteiger partial charge in [0.2, 0.25) is 11.8 Å². The van der Waals surface area contributed by atoms with Crippen molar-refractivity contribution in [2.24, 2.45) is 5.41 Å². The number of hydrogen-bond donors (Lipinski definition) is 1. The predicted octanol–water partition coefficient (Wildman–Crippen LogP) is 1.69. The molecule has 4 nitrogen and oxygen atoms in total. The Hall–Kier alpha value is -1.06. The van der Waals surface area contributed by atoms with E-state index in [9.17, 15) is 9.59 Å². The summed E-state index contributed by atoms with van der Waals surface area (Å²) < 4.78 is 0. The lowest BCUT2D eigenvalue weighted by molar-refractivity contribution is -0.137. The molecule has 0 bridgehead atoms. The molecule has 2 rings (SSSR count). The van der Waals surface area contributed by atoms with Crippen molar-refractivity contribution >= 4 is 11.8 Å². The van der Waals surface area contributed by atoms with Crippen LogP contribution >= 0.6 is 0 Å². The average molecular weight is 252 g/mol. The van der Waals surface area contributed by atoms with Gasteiger partial charge in [-0.3, -0.25) is 9.59 Å². The first-order valence-electron chi connectivity index (χ1n) is 7.05. The molecule has 0 aromatic carbocycles. The van der Waals surface area contributed by atoms with Gasteiger partial charge in [0.05, 0.1) is 0 Å². The summed E-state index contributed by atoms with van der Waals surface area (Å²) >= 11 is 0. The molecule has 4 heteroatoms. The van der Waals surface area contributed by atoms with Crippen molar-refractivity contribution in [2.45, 2.75) is 65.0 Å². The number of carbonyl (C=O) groups is 2. The van der Waals surface area contributed by atoms with Crippen LogP contribution in [0.4, 0.5) is 0 Å². The van der Waals surface area contributed by atoms with E-state index in [1.807, 2.05) is 4.90 Å². The van der Waals surface area contributed by atoms with Gasteiger partial charge >= 0.3 is 0 Å². The van der Waals surface area contributed by atoms with E-state index in [-0.39, 0.29) is 23.3 Å². The van der Waals surface area contributed by atoms with E-state index < -0.39 is 0 Å². The van der Waals surface area contributed by atoms with Gasteiger partial charge in [0, 0.05) is 19.0 Å². The smallest absolute Gasteiger partial charge is 0.245 e. The Balaban J connectivity index is 2.07. The molecule has 2 heterocycles. The Morgan fingerprint density at radius 1 is 1.44 bits per heavy atom. The molecule has 0 aromatic rings. The Labute approximate surface area is 109 Å². The Morgan fingerprint density at radius 3 is 2.72 bits per heavy atom. The van der Waals surface area contributed by atoms with Gasteiger partial charge in [0.1, 0.15) is 6.04 Å². The maximum absolute atomic E-state index is 12.5. The molecule has 1 N–H and O–H groups in total. The number of amides is 2. The zero-order valence-corrected chi connectivity index (χ0v) is 11.7. The molecule has 2 saturated heterocycles. The minimum Gasteiger partial charge on any atom is -0.344 e. The molecule has 2 aliphatic rings. The highest BCUT2D eigenvalue weighted by molar-refractivity contribution is 5.91. The first-order valence-corrected chi connectivity index (χ1v) is 7.05. The van der Waals surface area contributed by atoms with Crippen LogP contribution in [0.5, 0.6) is 0 Å². The van der Waals surface area contributed by atoms with Crippen molar-refractivity contribution in [1.29, 1.82) is 0 Å². The fraction of sp³-hybridized carbons (Fsp3) is 0.857. The number of carbonyl (C=O) groups excluding carboxylic acids is 2. The van der Waals surface area contributed by atoms with Crippen molar-refractivity contribution in [3.8, 4) is 0 Å². The van der Waals surface area contributed by atoms with E-state index in [0.717, 1.165) is 25.8 Å². The predicted molar refractivity (Wildman–Crippen MR) is 70.0 cm³/mol. The third-order valence-electron chi connectivity index (χ3n) is 4.64. The van der Waals surface area contributed by atoms with Gasteiger partial charge in [-0.05, 0) is 31.1 Å². The van der Waals surface area contributed by atoms with Crippen molar-refractivity contribution < 1.29 is 9.59 Å². The molecule has 2 fully saturated rings. The second-order valence-electron chi connectivity index (χ2n) is 6.19. The van der Waals surface area contributed by atoms with Crippen molar-refractivity contribution in [3.63, 3.8) is 0 Å². The first kappa shape index (κ1) is 13.4. The molecule has 0 aliphatic carbocycles. The fourth-order valence-electron chi connectivity index (χ4n) is 3.08. The second-order valence-corrected chi connectivity index (χ2v) is 6.19. The topological polar surface area (TPSA) is 49.4 Å². The van der Waals surface area contributed by atoms with Gasteiger partial charge in [-0.2, -0.15) is 0 Å². The summed E-state index contributed by atoms with van der Waals surface area (Å²) in [5.41, 5.74) is 0.161. The minimum atomic E-state index is -0.272. The highest BCUT2D eigenvalue weighted by Gasteiger charge is 2.41. The van der Waals surface area contributed by atoms with Gasteiger partial charge in [0.15, 0.2) is 0 Å². The minimum absolute atomic E-state index is 0.0128. The molecule has 0 radical (unpaired) electrons. The van der Waals surface area contributed by atoms with E-state index in [1.165, 1.54) is 0 Å². The molecule has 102 valence electrons. The van der Waals surface area contributed by atoms with E-state index in [4.69, 9.17) is 0 Å². The van der Waals surface area contributed by atoms with Gasteiger partial charge in [-0.1, -0.05) is 20.8 Å². The van der Waals surface area contributed by atoms with Gasteiger partial charge in [-0.15, -0.1) is 0 Å². The molecular formula is C14H24N2O2. The van der Waals surface area contributed by atoms with Crippen LogP contribution < -0.4 is 5.32 Å². The summed E-state index contributed by atoms with van der Waals surface area (Å²) in [6, 6.07) is 0.0539. The zero-order valence-electron chi connectivity index (χ0n) is 11.7. The third kappa shape index (κ3) is 2.38. The average Bonchev–Trinajstić information content (AvgIpc) is 2.96. The van der Waals surface area contributed by atoms with Crippen LogP contribution in [0.3, 0.4) is 0 Å². The lowest BCUT2D eigenvalue weighted by Gasteiger charge is -2.38. The summed E-state index contributed by atoms with van der Waals surface area (Å²) in [6.07, 6.45) is 4.39. The van der Waals surface area contributed by atoms with Gasteiger partial charge in [-0.25, -0.2) is 0 Å². The van der Waals surface area contributed by atoms with Gasteiger partial charge in [0.25, 0.3) is 0 Å². The molecule has 0 saturated carbocycles.